The first-order valence-electron chi connectivity index (χ1n) is 7.51. The predicted octanol–water partition coefficient (Wildman–Crippen LogP) is 3.87. The minimum absolute atomic E-state index is 0.0392. The maximum Gasteiger partial charge on any atom is 0.314 e. The van der Waals surface area contributed by atoms with Gasteiger partial charge in [-0.25, -0.2) is 4.79 Å². The summed E-state index contributed by atoms with van der Waals surface area (Å²) in [6.07, 6.45) is 7.35. The van der Waals surface area contributed by atoms with E-state index in [1.807, 2.05) is 18.2 Å². The molecule has 110 valence electrons. The van der Waals surface area contributed by atoms with Crippen molar-refractivity contribution in [3.05, 3.63) is 34.3 Å². The van der Waals surface area contributed by atoms with Crippen molar-refractivity contribution in [2.24, 2.45) is 5.92 Å². The number of amides is 2. The Balaban J connectivity index is 1.61. The molecule has 2 N–H and O–H groups in total. The number of hydrogen-bond donors (Lipinski definition) is 2. The number of benzene rings is 1. The van der Waals surface area contributed by atoms with E-state index in [0.717, 1.165) is 17.4 Å². The molecular formula is C16H23BrN2O. The number of halogens is 1. The third kappa shape index (κ3) is 5.16. The molecule has 1 aromatic rings. The quantitative estimate of drug-likeness (QED) is 0.840. The van der Waals surface area contributed by atoms with Crippen LogP contribution in [0.5, 0.6) is 0 Å². The van der Waals surface area contributed by atoms with Crippen LogP contribution in [0, 0.1) is 5.92 Å². The molecule has 4 heteroatoms. The lowest BCUT2D eigenvalue weighted by atomic mass is 9.89. The van der Waals surface area contributed by atoms with Gasteiger partial charge in [0.05, 0.1) is 0 Å². The molecule has 0 spiro atoms. The number of carbonyl (C=O) groups excluding carboxylic acids is 1. The molecular weight excluding hydrogens is 316 g/mol. The molecule has 0 bridgehead atoms. The van der Waals surface area contributed by atoms with E-state index < -0.39 is 0 Å². The van der Waals surface area contributed by atoms with Crippen molar-refractivity contribution in [3.8, 4) is 0 Å². The summed E-state index contributed by atoms with van der Waals surface area (Å²) in [7, 11) is 0. The maximum absolute atomic E-state index is 11.7. The lowest BCUT2D eigenvalue weighted by Crippen LogP contribution is -2.39. The SMILES string of the molecule is O=C(NCCc1ccccc1Br)NCC1CCCCC1. The molecule has 20 heavy (non-hydrogen) atoms. The standard InChI is InChI=1S/C16H23BrN2O/c17-15-9-5-4-8-14(15)10-11-18-16(20)19-12-13-6-2-1-3-7-13/h4-5,8-9,13H,1-3,6-7,10-12H2,(H2,18,19,20). The van der Waals surface area contributed by atoms with Gasteiger partial charge < -0.3 is 10.6 Å². The minimum atomic E-state index is -0.0392. The van der Waals surface area contributed by atoms with E-state index in [4.69, 9.17) is 0 Å². The maximum atomic E-state index is 11.7. The summed E-state index contributed by atoms with van der Waals surface area (Å²) < 4.78 is 1.10. The summed E-state index contributed by atoms with van der Waals surface area (Å²) in [5.74, 6) is 0.678. The van der Waals surface area contributed by atoms with Crippen molar-refractivity contribution >= 4 is 22.0 Å². The second-order valence-corrected chi connectivity index (χ2v) is 6.34. The fourth-order valence-corrected chi connectivity index (χ4v) is 3.19. The lowest BCUT2D eigenvalue weighted by molar-refractivity contribution is 0.236. The third-order valence-electron chi connectivity index (χ3n) is 3.91. The van der Waals surface area contributed by atoms with Crippen molar-refractivity contribution in [2.45, 2.75) is 38.5 Å². The van der Waals surface area contributed by atoms with Crippen LogP contribution in [0.2, 0.25) is 0 Å². The second-order valence-electron chi connectivity index (χ2n) is 5.48. The van der Waals surface area contributed by atoms with Crippen LogP contribution >= 0.6 is 15.9 Å². The van der Waals surface area contributed by atoms with E-state index in [-0.39, 0.29) is 6.03 Å². The summed E-state index contributed by atoms with van der Waals surface area (Å²) >= 11 is 3.52. The number of rotatable bonds is 5. The summed E-state index contributed by atoms with van der Waals surface area (Å²) in [6, 6.07) is 8.08. The van der Waals surface area contributed by atoms with Gasteiger partial charge in [-0.15, -0.1) is 0 Å². The first kappa shape index (κ1) is 15.4. The zero-order chi connectivity index (χ0) is 14.2. The van der Waals surface area contributed by atoms with E-state index in [2.05, 4.69) is 32.6 Å². The molecule has 3 nitrogen and oxygen atoms in total. The smallest absolute Gasteiger partial charge is 0.314 e. The van der Waals surface area contributed by atoms with E-state index in [1.165, 1.54) is 37.7 Å². The summed E-state index contributed by atoms with van der Waals surface area (Å²) in [5, 5.41) is 5.92. The molecule has 0 atom stereocenters. The highest BCUT2D eigenvalue weighted by Crippen LogP contribution is 2.22. The average Bonchev–Trinajstić information content (AvgIpc) is 2.48. The number of carbonyl (C=O) groups is 1. The molecule has 2 amide bonds. The van der Waals surface area contributed by atoms with Gasteiger partial charge in [-0.2, -0.15) is 0 Å². The summed E-state index contributed by atoms with van der Waals surface area (Å²) in [6.45, 7) is 1.49. The molecule has 0 aliphatic heterocycles. The third-order valence-corrected chi connectivity index (χ3v) is 4.69. The van der Waals surface area contributed by atoms with Gasteiger partial charge in [0.25, 0.3) is 0 Å². The molecule has 0 radical (unpaired) electrons. The summed E-state index contributed by atoms with van der Waals surface area (Å²) in [4.78, 5) is 11.7. The normalized spacial score (nSPS) is 15.8. The van der Waals surface area contributed by atoms with E-state index in [0.29, 0.717) is 12.5 Å². The Labute approximate surface area is 129 Å². The highest BCUT2D eigenvalue weighted by molar-refractivity contribution is 9.10. The van der Waals surface area contributed by atoms with Crippen LogP contribution in [0.15, 0.2) is 28.7 Å². The van der Waals surface area contributed by atoms with Gasteiger partial charge in [-0.1, -0.05) is 53.4 Å². The Morgan fingerprint density at radius 3 is 2.65 bits per heavy atom. The molecule has 1 fully saturated rings. The van der Waals surface area contributed by atoms with Gasteiger partial charge in [-0.3, -0.25) is 0 Å². The van der Waals surface area contributed by atoms with Crippen LogP contribution in [0.4, 0.5) is 4.79 Å². The van der Waals surface area contributed by atoms with Gasteiger partial charge in [0, 0.05) is 17.6 Å². The van der Waals surface area contributed by atoms with Gasteiger partial charge in [0.15, 0.2) is 0 Å². The van der Waals surface area contributed by atoms with E-state index >= 15 is 0 Å². The lowest BCUT2D eigenvalue weighted by Gasteiger charge is -2.21. The number of nitrogens with one attached hydrogen (secondary N) is 2. The van der Waals surface area contributed by atoms with E-state index in [9.17, 15) is 4.79 Å². The fraction of sp³-hybridized carbons (Fsp3) is 0.562. The molecule has 0 saturated heterocycles. The van der Waals surface area contributed by atoms with Gasteiger partial charge in [0.1, 0.15) is 0 Å². The summed E-state index contributed by atoms with van der Waals surface area (Å²) in [5.41, 5.74) is 1.22. The Morgan fingerprint density at radius 1 is 1.15 bits per heavy atom. The topological polar surface area (TPSA) is 41.1 Å². The zero-order valence-electron chi connectivity index (χ0n) is 11.8. The van der Waals surface area contributed by atoms with Gasteiger partial charge in [0.2, 0.25) is 0 Å². The molecule has 0 aromatic heterocycles. The molecule has 1 aromatic carbocycles. The van der Waals surface area contributed by atoms with Gasteiger partial charge >= 0.3 is 6.03 Å². The molecule has 0 unspecified atom stereocenters. The van der Waals surface area contributed by atoms with E-state index in [1.54, 1.807) is 0 Å². The van der Waals surface area contributed by atoms with Crippen LogP contribution < -0.4 is 10.6 Å². The Morgan fingerprint density at radius 2 is 1.90 bits per heavy atom. The van der Waals surface area contributed by atoms with Crippen LogP contribution in [0.3, 0.4) is 0 Å². The van der Waals surface area contributed by atoms with Crippen molar-refractivity contribution in [1.29, 1.82) is 0 Å². The number of hydrogen-bond acceptors (Lipinski definition) is 1. The molecule has 0 heterocycles. The van der Waals surface area contributed by atoms with Crippen molar-refractivity contribution in [1.82, 2.24) is 10.6 Å². The van der Waals surface area contributed by atoms with Crippen molar-refractivity contribution in [3.63, 3.8) is 0 Å². The Bertz CT molecular complexity index is 430. The van der Waals surface area contributed by atoms with Crippen LogP contribution in [0.1, 0.15) is 37.7 Å². The first-order valence-corrected chi connectivity index (χ1v) is 8.30. The molecule has 1 aliphatic carbocycles. The van der Waals surface area contributed by atoms with Crippen molar-refractivity contribution < 1.29 is 4.79 Å². The highest BCUT2D eigenvalue weighted by Gasteiger charge is 2.13. The zero-order valence-corrected chi connectivity index (χ0v) is 13.4. The largest absolute Gasteiger partial charge is 0.338 e. The first-order chi connectivity index (χ1) is 9.75. The average molecular weight is 339 g/mol. The van der Waals surface area contributed by atoms with Crippen LogP contribution in [-0.4, -0.2) is 19.1 Å². The Kier molecular flexibility index (Phi) is 6.37. The number of urea groups is 1. The predicted molar refractivity (Wildman–Crippen MR) is 85.8 cm³/mol. The van der Waals surface area contributed by atoms with Crippen LogP contribution in [-0.2, 0) is 6.42 Å². The molecule has 2 rings (SSSR count). The minimum Gasteiger partial charge on any atom is -0.338 e. The Hall–Kier alpha value is -1.03. The molecule has 1 saturated carbocycles. The van der Waals surface area contributed by atoms with Crippen LogP contribution in [0.25, 0.3) is 0 Å². The molecule has 1 aliphatic rings. The highest BCUT2D eigenvalue weighted by atomic mass is 79.9. The van der Waals surface area contributed by atoms with Gasteiger partial charge in [-0.05, 0) is 36.8 Å². The fourth-order valence-electron chi connectivity index (χ4n) is 2.70. The van der Waals surface area contributed by atoms with Crippen molar-refractivity contribution in [2.75, 3.05) is 13.1 Å². The second kappa shape index (κ2) is 8.30. The monoisotopic (exact) mass is 338 g/mol.